The van der Waals surface area contributed by atoms with Gasteiger partial charge in [0.05, 0.1) is 10.6 Å². The lowest BCUT2D eigenvalue weighted by molar-refractivity contribution is -0.140. The van der Waals surface area contributed by atoms with Gasteiger partial charge in [0, 0.05) is 28.2 Å². The van der Waals surface area contributed by atoms with E-state index < -0.39 is 28.5 Å². The highest BCUT2D eigenvalue weighted by Gasteiger charge is 2.34. The van der Waals surface area contributed by atoms with E-state index in [9.17, 15) is 18.0 Å². The van der Waals surface area contributed by atoms with Crippen molar-refractivity contribution in [3.63, 3.8) is 0 Å². The van der Waals surface area contributed by atoms with Crippen LogP contribution in [0.2, 0.25) is 10.0 Å². The minimum atomic E-state index is -4.16. The average Bonchev–Trinajstić information content (AvgIpc) is 2.90. The summed E-state index contributed by atoms with van der Waals surface area (Å²) in [6, 6.07) is 15.7. The van der Waals surface area contributed by atoms with E-state index in [0.29, 0.717) is 27.7 Å². The molecule has 220 valence electrons. The first kappa shape index (κ1) is 32.4. The second-order valence-corrected chi connectivity index (χ2v) is 13.1. The molecule has 3 rings (SSSR count). The Labute approximate surface area is 253 Å². The van der Waals surface area contributed by atoms with Crippen molar-refractivity contribution in [1.82, 2.24) is 10.2 Å². The maximum Gasteiger partial charge on any atom is 0.264 e. The monoisotopic (exact) mass is 617 g/mol. The fraction of sp³-hybridized carbons (Fsp3) is 0.355. The molecule has 0 heterocycles. The molecule has 0 radical (unpaired) electrons. The number of anilines is 1. The number of halogens is 2. The average molecular weight is 619 g/mol. The van der Waals surface area contributed by atoms with Crippen molar-refractivity contribution in [1.29, 1.82) is 0 Å². The van der Waals surface area contributed by atoms with Crippen molar-refractivity contribution in [3.05, 3.63) is 93.0 Å². The number of carbonyl (C=O) groups excluding carboxylic acids is 2. The molecule has 0 fully saturated rings. The third kappa shape index (κ3) is 7.82. The minimum Gasteiger partial charge on any atom is -0.352 e. The zero-order valence-corrected chi connectivity index (χ0v) is 26.6. The third-order valence-corrected chi connectivity index (χ3v) is 9.37. The van der Waals surface area contributed by atoms with Crippen molar-refractivity contribution in [2.45, 2.75) is 71.5 Å². The maximum absolute atomic E-state index is 14.2. The van der Waals surface area contributed by atoms with Crippen molar-refractivity contribution in [3.8, 4) is 0 Å². The summed E-state index contributed by atoms with van der Waals surface area (Å²) in [5.41, 5.74) is 3.58. The summed E-state index contributed by atoms with van der Waals surface area (Å²) in [6.07, 6.45) is 0.292. The second kappa shape index (κ2) is 13.7. The quantitative estimate of drug-likeness (QED) is 0.268. The van der Waals surface area contributed by atoms with Gasteiger partial charge < -0.3 is 10.2 Å². The molecule has 3 aromatic carbocycles. The molecule has 0 aliphatic rings. The molecular weight excluding hydrogens is 581 g/mol. The zero-order valence-electron chi connectivity index (χ0n) is 24.2. The molecule has 1 atom stereocenters. The molecule has 0 aromatic heterocycles. The summed E-state index contributed by atoms with van der Waals surface area (Å²) >= 11 is 12.9. The predicted octanol–water partition coefficient (Wildman–Crippen LogP) is 6.45. The Morgan fingerprint density at radius 2 is 1.51 bits per heavy atom. The molecule has 1 N–H and O–H groups in total. The van der Waals surface area contributed by atoms with E-state index >= 15 is 0 Å². The van der Waals surface area contributed by atoms with E-state index in [2.05, 4.69) is 5.32 Å². The molecule has 2 amide bonds. The van der Waals surface area contributed by atoms with Crippen LogP contribution in [-0.2, 0) is 26.2 Å². The van der Waals surface area contributed by atoms with E-state index in [1.54, 1.807) is 49.4 Å². The fourth-order valence-electron chi connectivity index (χ4n) is 4.40. The number of sulfonamides is 1. The number of amides is 2. The van der Waals surface area contributed by atoms with Gasteiger partial charge in [0.25, 0.3) is 10.0 Å². The maximum atomic E-state index is 14.2. The summed E-state index contributed by atoms with van der Waals surface area (Å²) < 4.78 is 29.1. The van der Waals surface area contributed by atoms with Crippen molar-refractivity contribution >= 4 is 50.7 Å². The fourth-order valence-corrected chi connectivity index (χ4v) is 6.32. The van der Waals surface area contributed by atoms with Crippen LogP contribution in [0.4, 0.5) is 5.69 Å². The van der Waals surface area contributed by atoms with Crippen LogP contribution in [0.15, 0.2) is 65.6 Å². The Kier molecular flexibility index (Phi) is 10.9. The van der Waals surface area contributed by atoms with E-state index in [-0.39, 0.29) is 23.4 Å². The number of carbonyl (C=O) groups is 2. The van der Waals surface area contributed by atoms with Crippen LogP contribution in [0.5, 0.6) is 0 Å². The molecule has 0 bridgehead atoms. The summed E-state index contributed by atoms with van der Waals surface area (Å²) in [5, 5.41) is 3.55. The van der Waals surface area contributed by atoms with Gasteiger partial charge in [-0.3, -0.25) is 13.9 Å². The first-order valence-corrected chi connectivity index (χ1v) is 15.6. The van der Waals surface area contributed by atoms with Gasteiger partial charge in [0.1, 0.15) is 12.6 Å². The summed E-state index contributed by atoms with van der Waals surface area (Å²) in [4.78, 5) is 28.9. The van der Waals surface area contributed by atoms with E-state index in [1.165, 1.54) is 17.0 Å². The van der Waals surface area contributed by atoms with Crippen molar-refractivity contribution in [2.75, 3.05) is 10.8 Å². The van der Waals surface area contributed by atoms with E-state index in [4.69, 9.17) is 23.2 Å². The number of hydrogen-bond acceptors (Lipinski definition) is 4. The van der Waals surface area contributed by atoms with Gasteiger partial charge in [-0.05, 0) is 88.6 Å². The highest BCUT2D eigenvalue weighted by Crippen LogP contribution is 2.29. The highest BCUT2D eigenvalue weighted by molar-refractivity contribution is 7.92. The SMILES string of the molecule is CCC(C(=O)NC(C)C)N(Cc1c(Cl)cccc1Cl)C(=O)CN(c1ccc(C)c(C)c1)S(=O)(=O)c1ccc(C)cc1. The van der Waals surface area contributed by atoms with Gasteiger partial charge in [0.2, 0.25) is 11.8 Å². The Hall–Kier alpha value is -3.07. The molecule has 0 aliphatic carbocycles. The molecule has 41 heavy (non-hydrogen) atoms. The van der Waals surface area contributed by atoms with Crippen LogP contribution in [0.3, 0.4) is 0 Å². The molecule has 10 heteroatoms. The number of nitrogens with one attached hydrogen (secondary N) is 1. The first-order chi connectivity index (χ1) is 19.3. The molecule has 3 aromatic rings. The van der Waals surface area contributed by atoms with E-state index in [0.717, 1.165) is 21.0 Å². The number of nitrogens with zero attached hydrogens (tertiary/aromatic N) is 2. The van der Waals surface area contributed by atoms with E-state index in [1.807, 2.05) is 40.7 Å². The van der Waals surface area contributed by atoms with Gasteiger partial charge in [-0.2, -0.15) is 0 Å². The topological polar surface area (TPSA) is 86.8 Å². The van der Waals surface area contributed by atoms with Crippen LogP contribution in [0.1, 0.15) is 49.4 Å². The standard InChI is InChI=1S/C31H37Cl2N3O4S/c1-7-29(31(38)34-20(2)3)35(18-26-27(32)9-8-10-28(26)33)30(37)19-36(24-14-13-22(5)23(6)17-24)41(39,40)25-15-11-21(4)12-16-25/h8-17,20,29H,7,18-19H2,1-6H3,(H,34,38). The molecule has 0 saturated heterocycles. The van der Waals surface area contributed by atoms with Crippen LogP contribution in [0.25, 0.3) is 0 Å². The zero-order chi connectivity index (χ0) is 30.5. The normalized spacial score (nSPS) is 12.2. The number of rotatable bonds is 11. The minimum absolute atomic E-state index is 0.0550. The van der Waals surface area contributed by atoms with Gasteiger partial charge in [0.15, 0.2) is 0 Å². The van der Waals surface area contributed by atoms with Gasteiger partial charge in [-0.15, -0.1) is 0 Å². The third-order valence-electron chi connectivity index (χ3n) is 6.87. The number of hydrogen-bond donors (Lipinski definition) is 1. The van der Waals surface area contributed by atoms with Gasteiger partial charge in [-0.1, -0.05) is 60.0 Å². The summed E-state index contributed by atoms with van der Waals surface area (Å²) in [5.74, 6) is -0.918. The highest BCUT2D eigenvalue weighted by atomic mass is 35.5. The van der Waals surface area contributed by atoms with Crippen molar-refractivity contribution < 1.29 is 18.0 Å². The van der Waals surface area contributed by atoms with Crippen LogP contribution in [-0.4, -0.2) is 43.8 Å². The van der Waals surface area contributed by atoms with Gasteiger partial charge in [-0.25, -0.2) is 8.42 Å². The Balaban J connectivity index is 2.13. The second-order valence-electron chi connectivity index (χ2n) is 10.4. The number of aryl methyl sites for hydroxylation is 3. The van der Waals surface area contributed by atoms with Crippen LogP contribution >= 0.6 is 23.2 Å². The largest absolute Gasteiger partial charge is 0.352 e. The van der Waals surface area contributed by atoms with Crippen LogP contribution < -0.4 is 9.62 Å². The smallest absolute Gasteiger partial charge is 0.264 e. The Morgan fingerprint density at radius 3 is 2.05 bits per heavy atom. The predicted molar refractivity (Wildman–Crippen MR) is 166 cm³/mol. The summed E-state index contributed by atoms with van der Waals surface area (Å²) in [6.45, 7) is 10.5. The molecule has 7 nitrogen and oxygen atoms in total. The molecule has 0 spiro atoms. The Morgan fingerprint density at radius 1 is 0.902 bits per heavy atom. The van der Waals surface area contributed by atoms with Crippen molar-refractivity contribution in [2.24, 2.45) is 0 Å². The lowest BCUT2D eigenvalue weighted by atomic mass is 10.1. The molecular formula is C31H37Cl2N3O4S. The van der Waals surface area contributed by atoms with Crippen LogP contribution in [0, 0.1) is 20.8 Å². The lowest BCUT2D eigenvalue weighted by Gasteiger charge is -2.34. The summed E-state index contributed by atoms with van der Waals surface area (Å²) in [7, 11) is -4.16. The molecule has 1 unspecified atom stereocenters. The Bertz CT molecular complexity index is 1490. The first-order valence-electron chi connectivity index (χ1n) is 13.5. The van der Waals surface area contributed by atoms with Gasteiger partial charge >= 0.3 is 0 Å². The molecule has 0 saturated carbocycles. The lowest BCUT2D eigenvalue weighted by Crippen LogP contribution is -2.53. The number of benzene rings is 3. The molecule has 0 aliphatic heterocycles.